The van der Waals surface area contributed by atoms with Gasteiger partial charge in [0.25, 0.3) is 0 Å². The van der Waals surface area contributed by atoms with Gasteiger partial charge in [-0.1, -0.05) is 11.6 Å². The molecule has 1 aromatic carbocycles. The van der Waals surface area contributed by atoms with E-state index in [2.05, 4.69) is 10.1 Å². The second-order valence-corrected chi connectivity index (χ2v) is 3.47. The molecule has 1 N–H and O–H groups in total. The Labute approximate surface area is 105 Å². The first-order valence-corrected chi connectivity index (χ1v) is 5.08. The maximum absolute atomic E-state index is 11.6. The summed E-state index contributed by atoms with van der Waals surface area (Å²) in [6.07, 6.45) is 1.25. The number of benzene rings is 1. The van der Waals surface area contributed by atoms with Crippen molar-refractivity contribution in [2.24, 2.45) is 0 Å². The number of allylic oxidation sites excluding steroid dienone is 1. The Balaban J connectivity index is 3.11. The van der Waals surface area contributed by atoms with Crippen LogP contribution >= 0.6 is 0 Å². The fourth-order valence-corrected chi connectivity index (χ4v) is 1.30. The van der Waals surface area contributed by atoms with Gasteiger partial charge in [0.05, 0.1) is 18.4 Å². The van der Waals surface area contributed by atoms with Crippen molar-refractivity contribution in [3.63, 3.8) is 0 Å². The Hall–Kier alpha value is -2.79. The van der Waals surface area contributed by atoms with Crippen LogP contribution in [0.15, 0.2) is 30.0 Å². The van der Waals surface area contributed by atoms with E-state index in [0.717, 1.165) is 5.56 Å². The van der Waals surface area contributed by atoms with Gasteiger partial charge in [0.1, 0.15) is 17.7 Å². The molecule has 0 heterocycles. The highest BCUT2D eigenvalue weighted by molar-refractivity contribution is 5.96. The SMILES string of the molecule is COC(=O)c1cc(C)ccc1NC=C(C#N)C#N. The number of aryl methyl sites for hydroxylation is 1. The molecule has 0 atom stereocenters. The van der Waals surface area contributed by atoms with Gasteiger partial charge in [-0.3, -0.25) is 0 Å². The summed E-state index contributed by atoms with van der Waals surface area (Å²) in [6, 6.07) is 8.59. The smallest absolute Gasteiger partial charge is 0.339 e. The molecule has 0 aromatic heterocycles. The van der Waals surface area contributed by atoms with Gasteiger partial charge in [0.15, 0.2) is 0 Å². The molecule has 0 aliphatic carbocycles. The molecule has 0 spiro atoms. The molecule has 90 valence electrons. The highest BCUT2D eigenvalue weighted by atomic mass is 16.5. The van der Waals surface area contributed by atoms with Crippen molar-refractivity contribution in [2.75, 3.05) is 12.4 Å². The number of nitriles is 2. The Kier molecular flexibility index (Phi) is 4.48. The molecule has 0 unspecified atom stereocenters. The van der Waals surface area contributed by atoms with Gasteiger partial charge < -0.3 is 10.1 Å². The van der Waals surface area contributed by atoms with Crippen molar-refractivity contribution in [3.8, 4) is 12.1 Å². The van der Waals surface area contributed by atoms with E-state index in [4.69, 9.17) is 10.5 Å². The topological polar surface area (TPSA) is 85.9 Å². The van der Waals surface area contributed by atoms with Gasteiger partial charge in [-0.05, 0) is 19.1 Å². The van der Waals surface area contributed by atoms with E-state index in [0.29, 0.717) is 11.3 Å². The van der Waals surface area contributed by atoms with Gasteiger partial charge in [0, 0.05) is 6.20 Å². The van der Waals surface area contributed by atoms with E-state index >= 15 is 0 Å². The van der Waals surface area contributed by atoms with E-state index in [-0.39, 0.29) is 5.57 Å². The zero-order valence-corrected chi connectivity index (χ0v) is 10.0. The predicted molar refractivity (Wildman–Crippen MR) is 65.5 cm³/mol. The number of hydrogen-bond acceptors (Lipinski definition) is 5. The van der Waals surface area contributed by atoms with Crippen LogP contribution in [0, 0.1) is 29.6 Å². The van der Waals surface area contributed by atoms with Crippen LogP contribution in [0.5, 0.6) is 0 Å². The summed E-state index contributed by atoms with van der Waals surface area (Å²) >= 11 is 0. The van der Waals surface area contributed by atoms with Crippen molar-refractivity contribution in [3.05, 3.63) is 41.1 Å². The molecule has 0 radical (unpaired) electrons. The predicted octanol–water partition coefficient (Wildman–Crippen LogP) is 2.12. The molecule has 1 rings (SSSR count). The summed E-state index contributed by atoms with van der Waals surface area (Å²) in [4.78, 5) is 11.6. The largest absolute Gasteiger partial charge is 0.465 e. The van der Waals surface area contributed by atoms with Crippen molar-refractivity contribution < 1.29 is 9.53 Å². The summed E-state index contributed by atoms with van der Waals surface area (Å²) in [5.41, 5.74) is 1.66. The molecule has 18 heavy (non-hydrogen) atoms. The normalized spacial score (nSPS) is 8.67. The van der Waals surface area contributed by atoms with E-state index in [1.807, 2.05) is 6.92 Å². The number of nitrogens with one attached hydrogen (secondary N) is 1. The number of nitrogens with zero attached hydrogens (tertiary/aromatic N) is 2. The van der Waals surface area contributed by atoms with E-state index in [1.54, 1.807) is 30.3 Å². The first-order chi connectivity index (χ1) is 8.62. The van der Waals surface area contributed by atoms with Crippen LogP contribution in [0.4, 0.5) is 5.69 Å². The molecule has 1 aromatic rings. The minimum atomic E-state index is -0.481. The number of carbonyl (C=O) groups is 1. The third kappa shape index (κ3) is 3.10. The lowest BCUT2D eigenvalue weighted by atomic mass is 10.1. The summed E-state index contributed by atoms with van der Waals surface area (Å²) in [6.45, 7) is 1.85. The molecule has 0 aliphatic heterocycles. The Morgan fingerprint density at radius 1 is 1.39 bits per heavy atom. The van der Waals surface area contributed by atoms with Crippen LogP contribution in [-0.4, -0.2) is 13.1 Å². The third-order valence-electron chi connectivity index (χ3n) is 2.19. The fraction of sp³-hybridized carbons (Fsp3) is 0.154. The number of rotatable bonds is 3. The van der Waals surface area contributed by atoms with Crippen LogP contribution in [0.3, 0.4) is 0 Å². The fourth-order valence-electron chi connectivity index (χ4n) is 1.30. The molecule has 0 saturated carbocycles. The average molecular weight is 241 g/mol. The Bertz CT molecular complexity index is 561. The number of esters is 1. The maximum Gasteiger partial charge on any atom is 0.339 e. The van der Waals surface area contributed by atoms with Gasteiger partial charge in [-0.15, -0.1) is 0 Å². The van der Waals surface area contributed by atoms with Gasteiger partial charge >= 0.3 is 5.97 Å². The number of hydrogen-bond donors (Lipinski definition) is 1. The molecule has 5 heteroatoms. The van der Waals surface area contributed by atoms with Crippen molar-refractivity contribution in [2.45, 2.75) is 6.92 Å². The van der Waals surface area contributed by atoms with Gasteiger partial charge in [0.2, 0.25) is 0 Å². The zero-order chi connectivity index (χ0) is 13.5. The summed E-state index contributed by atoms with van der Waals surface area (Å²) in [7, 11) is 1.29. The molecule has 0 fully saturated rings. The lowest BCUT2D eigenvalue weighted by molar-refractivity contribution is 0.0602. The maximum atomic E-state index is 11.6. The molecule has 0 aliphatic rings. The first kappa shape index (κ1) is 13.3. The Morgan fingerprint density at radius 2 is 2.06 bits per heavy atom. The number of ether oxygens (including phenoxy) is 1. The number of methoxy groups -OCH3 is 1. The monoisotopic (exact) mass is 241 g/mol. The molecular formula is C13H11N3O2. The van der Waals surface area contributed by atoms with Gasteiger partial charge in [-0.2, -0.15) is 10.5 Å². The van der Waals surface area contributed by atoms with Crippen LogP contribution in [0.2, 0.25) is 0 Å². The quantitative estimate of drug-likeness (QED) is 0.647. The average Bonchev–Trinajstić information content (AvgIpc) is 2.40. The zero-order valence-electron chi connectivity index (χ0n) is 10.0. The van der Waals surface area contributed by atoms with Crippen molar-refractivity contribution in [1.29, 1.82) is 10.5 Å². The minimum Gasteiger partial charge on any atom is -0.465 e. The molecule has 0 bridgehead atoms. The highest BCUT2D eigenvalue weighted by Crippen LogP contribution is 2.18. The van der Waals surface area contributed by atoms with Crippen LogP contribution in [-0.2, 0) is 4.74 Å². The van der Waals surface area contributed by atoms with E-state index in [1.165, 1.54) is 13.3 Å². The lowest BCUT2D eigenvalue weighted by Gasteiger charge is -2.08. The summed E-state index contributed by atoms with van der Waals surface area (Å²) < 4.78 is 4.66. The van der Waals surface area contributed by atoms with Crippen LogP contribution in [0.25, 0.3) is 0 Å². The Morgan fingerprint density at radius 3 is 2.61 bits per heavy atom. The highest BCUT2D eigenvalue weighted by Gasteiger charge is 2.11. The van der Waals surface area contributed by atoms with Crippen LogP contribution < -0.4 is 5.32 Å². The number of carbonyl (C=O) groups excluding carboxylic acids is 1. The van der Waals surface area contributed by atoms with Crippen molar-refractivity contribution in [1.82, 2.24) is 0 Å². The lowest BCUT2D eigenvalue weighted by Crippen LogP contribution is -2.06. The van der Waals surface area contributed by atoms with E-state index < -0.39 is 5.97 Å². The summed E-state index contributed by atoms with van der Waals surface area (Å²) in [5, 5.41) is 20.0. The second kappa shape index (κ2) is 6.07. The molecule has 5 nitrogen and oxygen atoms in total. The van der Waals surface area contributed by atoms with Gasteiger partial charge in [-0.25, -0.2) is 4.79 Å². The number of anilines is 1. The molecule has 0 amide bonds. The third-order valence-corrected chi connectivity index (χ3v) is 2.19. The molecular weight excluding hydrogens is 230 g/mol. The van der Waals surface area contributed by atoms with Crippen molar-refractivity contribution >= 4 is 11.7 Å². The second-order valence-electron chi connectivity index (χ2n) is 3.47. The van der Waals surface area contributed by atoms with Crippen LogP contribution in [0.1, 0.15) is 15.9 Å². The molecule has 0 saturated heterocycles. The minimum absolute atomic E-state index is 0.0774. The first-order valence-electron chi connectivity index (χ1n) is 5.08. The standard InChI is InChI=1S/C13H11N3O2/c1-9-3-4-12(11(5-9)13(17)18-2)16-8-10(6-14)7-15/h3-5,8,16H,1-2H3. The van der Waals surface area contributed by atoms with E-state index in [9.17, 15) is 4.79 Å². The summed E-state index contributed by atoms with van der Waals surface area (Å²) in [5.74, 6) is -0.481.